The summed E-state index contributed by atoms with van der Waals surface area (Å²) in [6.07, 6.45) is 7.56. The SMILES string of the molecule is C[C@@H](CNCc1ncc(-c2ccccc2)[nH]1)Cn1ccnc1. The van der Waals surface area contributed by atoms with Crippen molar-refractivity contribution < 1.29 is 0 Å². The summed E-state index contributed by atoms with van der Waals surface area (Å²) >= 11 is 0. The Kier molecular flexibility index (Phi) is 4.65. The Balaban J connectivity index is 1.47. The molecule has 5 heteroatoms. The molecule has 0 unspecified atom stereocenters. The Morgan fingerprint density at radius 2 is 2.14 bits per heavy atom. The van der Waals surface area contributed by atoms with Crippen LogP contribution in [0.5, 0.6) is 0 Å². The van der Waals surface area contributed by atoms with Gasteiger partial charge in [0.2, 0.25) is 0 Å². The van der Waals surface area contributed by atoms with Gasteiger partial charge in [-0.1, -0.05) is 37.3 Å². The van der Waals surface area contributed by atoms with Gasteiger partial charge in [0.05, 0.1) is 24.8 Å². The fraction of sp³-hybridized carbons (Fsp3) is 0.294. The smallest absolute Gasteiger partial charge is 0.120 e. The van der Waals surface area contributed by atoms with E-state index in [-0.39, 0.29) is 0 Å². The highest BCUT2D eigenvalue weighted by molar-refractivity contribution is 5.57. The summed E-state index contributed by atoms with van der Waals surface area (Å²) < 4.78 is 2.10. The van der Waals surface area contributed by atoms with Crippen molar-refractivity contribution in [1.82, 2.24) is 24.8 Å². The van der Waals surface area contributed by atoms with Crippen molar-refractivity contribution in [2.24, 2.45) is 5.92 Å². The van der Waals surface area contributed by atoms with Crippen molar-refractivity contribution in [3.8, 4) is 11.3 Å². The van der Waals surface area contributed by atoms with Crippen LogP contribution in [0.25, 0.3) is 11.3 Å². The van der Waals surface area contributed by atoms with E-state index >= 15 is 0 Å². The number of imidazole rings is 2. The van der Waals surface area contributed by atoms with E-state index in [0.29, 0.717) is 5.92 Å². The predicted molar refractivity (Wildman–Crippen MR) is 87.1 cm³/mol. The highest BCUT2D eigenvalue weighted by Gasteiger charge is 2.05. The third-order valence-corrected chi connectivity index (χ3v) is 3.58. The Morgan fingerprint density at radius 3 is 2.91 bits per heavy atom. The van der Waals surface area contributed by atoms with Crippen LogP contribution >= 0.6 is 0 Å². The molecule has 0 aliphatic rings. The number of nitrogens with one attached hydrogen (secondary N) is 2. The molecule has 2 heterocycles. The van der Waals surface area contributed by atoms with E-state index in [4.69, 9.17) is 0 Å². The Morgan fingerprint density at radius 1 is 1.27 bits per heavy atom. The van der Waals surface area contributed by atoms with Crippen LogP contribution in [0.1, 0.15) is 12.7 Å². The number of rotatable bonds is 7. The minimum Gasteiger partial charge on any atom is -0.341 e. The maximum absolute atomic E-state index is 4.43. The summed E-state index contributed by atoms with van der Waals surface area (Å²) in [7, 11) is 0. The number of aromatic nitrogens is 4. The van der Waals surface area contributed by atoms with Gasteiger partial charge in [-0.25, -0.2) is 9.97 Å². The van der Waals surface area contributed by atoms with Gasteiger partial charge >= 0.3 is 0 Å². The van der Waals surface area contributed by atoms with E-state index in [9.17, 15) is 0 Å². The summed E-state index contributed by atoms with van der Waals surface area (Å²) in [5.41, 5.74) is 2.22. The van der Waals surface area contributed by atoms with Crippen LogP contribution in [-0.4, -0.2) is 26.1 Å². The molecule has 0 saturated heterocycles. The zero-order chi connectivity index (χ0) is 15.2. The van der Waals surface area contributed by atoms with E-state index in [1.807, 2.05) is 43.1 Å². The first-order valence-corrected chi connectivity index (χ1v) is 7.57. The predicted octanol–water partition coefficient (Wildman–Crippen LogP) is 2.70. The molecule has 0 radical (unpaired) electrons. The fourth-order valence-electron chi connectivity index (χ4n) is 2.47. The molecule has 2 N–H and O–H groups in total. The van der Waals surface area contributed by atoms with Gasteiger partial charge in [0.25, 0.3) is 0 Å². The maximum Gasteiger partial charge on any atom is 0.120 e. The van der Waals surface area contributed by atoms with Gasteiger partial charge in [0, 0.05) is 18.9 Å². The molecule has 2 aromatic heterocycles. The minimum absolute atomic E-state index is 0.540. The molecular weight excluding hydrogens is 274 g/mol. The van der Waals surface area contributed by atoms with Gasteiger partial charge in [-0.3, -0.25) is 0 Å². The van der Waals surface area contributed by atoms with Crippen LogP contribution in [0.15, 0.2) is 55.2 Å². The van der Waals surface area contributed by atoms with Crippen LogP contribution in [0.4, 0.5) is 0 Å². The molecule has 5 nitrogen and oxygen atoms in total. The van der Waals surface area contributed by atoms with Crippen LogP contribution in [0, 0.1) is 5.92 Å². The topological polar surface area (TPSA) is 58.5 Å². The average Bonchev–Trinajstić information content (AvgIpc) is 3.20. The first-order chi connectivity index (χ1) is 10.8. The molecule has 0 amide bonds. The molecule has 3 aromatic rings. The summed E-state index contributed by atoms with van der Waals surface area (Å²) in [6, 6.07) is 10.2. The van der Waals surface area contributed by atoms with E-state index in [1.54, 1.807) is 0 Å². The third kappa shape index (κ3) is 3.83. The highest BCUT2D eigenvalue weighted by Crippen LogP contribution is 2.15. The minimum atomic E-state index is 0.540. The largest absolute Gasteiger partial charge is 0.341 e. The first kappa shape index (κ1) is 14.5. The zero-order valence-corrected chi connectivity index (χ0v) is 12.7. The first-order valence-electron chi connectivity index (χ1n) is 7.57. The molecule has 3 rings (SSSR count). The molecule has 1 atom stereocenters. The average molecular weight is 295 g/mol. The highest BCUT2D eigenvalue weighted by atomic mass is 15.0. The van der Waals surface area contributed by atoms with E-state index in [1.165, 1.54) is 0 Å². The maximum atomic E-state index is 4.43. The summed E-state index contributed by atoms with van der Waals surface area (Å²) in [5.74, 6) is 1.51. The van der Waals surface area contributed by atoms with E-state index in [0.717, 1.165) is 36.7 Å². The van der Waals surface area contributed by atoms with Crippen molar-refractivity contribution in [3.63, 3.8) is 0 Å². The monoisotopic (exact) mass is 295 g/mol. The molecule has 0 saturated carbocycles. The lowest BCUT2D eigenvalue weighted by Gasteiger charge is -2.12. The molecular formula is C17H21N5. The molecule has 0 aliphatic carbocycles. The molecule has 0 fully saturated rings. The molecule has 114 valence electrons. The second kappa shape index (κ2) is 7.04. The molecule has 1 aromatic carbocycles. The van der Waals surface area contributed by atoms with Gasteiger partial charge in [-0.05, 0) is 18.0 Å². The van der Waals surface area contributed by atoms with Crippen molar-refractivity contribution in [2.75, 3.05) is 6.54 Å². The van der Waals surface area contributed by atoms with Gasteiger partial charge < -0.3 is 14.9 Å². The molecule has 0 aliphatic heterocycles. The van der Waals surface area contributed by atoms with Gasteiger partial charge in [-0.15, -0.1) is 0 Å². The number of hydrogen-bond donors (Lipinski definition) is 2. The van der Waals surface area contributed by atoms with Crippen molar-refractivity contribution in [1.29, 1.82) is 0 Å². The molecule has 0 spiro atoms. The second-order valence-corrected chi connectivity index (χ2v) is 5.61. The number of aromatic amines is 1. The third-order valence-electron chi connectivity index (χ3n) is 3.58. The molecule has 22 heavy (non-hydrogen) atoms. The van der Waals surface area contributed by atoms with E-state index in [2.05, 4.69) is 43.9 Å². The second-order valence-electron chi connectivity index (χ2n) is 5.61. The Hall–Kier alpha value is -2.40. The lowest BCUT2D eigenvalue weighted by atomic mass is 10.2. The normalized spacial score (nSPS) is 12.4. The van der Waals surface area contributed by atoms with Crippen LogP contribution in [0.2, 0.25) is 0 Å². The van der Waals surface area contributed by atoms with Crippen LogP contribution in [-0.2, 0) is 13.1 Å². The number of benzene rings is 1. The van der Waals surface area contributed by atoms with E-state index < -0.39 is 0 Å². The van der Waals surface area contributed by atoms with Crippen molar-refractivity contribution in [3.05, 3.63) is 61.1 Å². The zero-order valence-electron chi connectivity index (χ0n) is 12.7. The summed E-state index contributed by atoms with van der Waals surface area (Å²) in [4.78, 5) is 11.9. The van der Waals surface area contributed by atoms with Crippen LogP contribution in [0.3, 0.4) is 0 Å². The van der Waals surface area contributed by atoms with Crippen LogP contribution < -0.4 is 5.32 Å². The number of nitrogens with zero attached hydrogens (tertiary/aromatic N) is 3. The van der Waals surface area contributed by atoms with Crippen molar-refractivity contribution in [2.45, 2.75) is 20.0 Å². The lowest BCUT2D eigenvalue weighted by molar-refractivity contribution is 0.442. The van der Waals surface area contributed by atoms with Gasteiger partial charge in [-0.2, -0.15) is 0 Å². The molecule has 0 bridgehead atoms. The quantitative estimate of drug-likeness (QED) is 0.704. The van der Waals surface area contributed by atoms with Crippen molar-refractivity contribution >= 4 is 0 Å². The number of H-pyrrole nitrogens is 1. The number of hydrogen-bond acceptors (Lipinski definition) is 3. The summed E-state index contributed by atoms with van der Waals surface area (Å²) in [6.45, 7) is 4.89. The Labute approximate surface area is 130 Å². The lowest BCUT2D eigenvalue weighted by Crippen LogP contribution is -2.24. The summed E-state index contributed by atoms with van der Waals surface area (Å²) in [5, 5.41) is 3.45. The van der Waals surface area contributed by atoms with Gasteiger partial charge in [0.15, 0.2) is 0 Å². The Bertz CT molecular complexity index is 672. The fourth-order valence-corrected chi connectivity index (χ4v) is 2.47. The van der Waals surface area contributed by atoms with Gasteiger partial charge in [0.1, 0.15) is 5.82 Å². The standard InChI is InChI=1S/C17H21N5/c1-14(12-22-8-7-18-13-22)9-19-11-17-20-10-16(21-17)15-5-3-2-4-6-15/h2-8,10,13-14,19H,9,11-12H2,1H3,(H,20,21)/t14-/m0/s1.